The van der Waals surface area contributed by atoms with Gasteiger partial charge in [0, 0.05) is 5.56 Å². The van der Waals surface area contributed by atoms with Crippen molar-refractivity contribution in [2.75, 3.05) is 5.32 Å². The van der Waals surface area contributed by atoms with Crippen molar-refractivity contribution in [1.29, 1.82) is 0 Å². The van der Waals surface area contributed by atoms with E-state index < -0.39 is 11.6 Å². The van der Waals surface area contributed by atoms with Crippen LogP contribution in [-0.4, -0.2) is 26.8 Å². The van der Waals surface area contributed by atoms with Gasteiger partial charge in [0.25, 0.3) is 0 Å². The lowest BCUT2D eigenvalue weighted by Crippen LogP contribution is -2.47. The van der Waals surface area contributed by atoms with E-state index in [2.05, 4.69) is 5.32 Å². The van der Waals surface area contributed by atoms with Crippen LogP contribution in [0.2, 0.25) is 0 Å². The van der Waals surface area contributed by atoms with Gasteiger partial charge in [-0.05, 0) is 88.3 Å². The monoisotopic (exact) mass is 413 g/mol. The van der Waals surface area contributed by atoms with Crippen molar-refractivity contribution in [3.8, 4) is 11.5 Å². The zero-order chi connectivity index (χ0) is 21.7. The van der Waals surface area contributed by atoms with E-state index in [1.54, 1.807) is 6.07 Å². The van der Waals surface area contributed by atoms with Crippen LogP contribution >= 0.6 is 12.2 Å². The Morgan fingerprint density at radius 3 is 2.41 bits per heavy atom. The molecular formula is C23H27NO4S. The molecule has 1 aliphatic rings. The summed E-state index contributed by atoms with van der Waals surface area (Å²) in [5, 5.41) is 23.1. The van der Waals surface area contributed by atoms with E-state index in [-0.39, 0.29) is 5.56 Å². The van der Waals surface area contributed by atoms with Gasteiger partial charge >= 0.3 is 5.97 Å². The Balaban J connectivity index is 1.98. The third kappa shape index (κ3) is 3.57. The number of nitrogens with one attached hydrogen (secondary N) is 1. The SMILES string of the molecule is Cc1cc(C)c(NC(=S)C2(C)CCc3c(C)c(O)c(C)c(C)c3O2)c(C(=O)O)c1. The minimum atomic E-state index is -1.00. The van der Waals surface area contributed by atoms with E-state index in [0.29, 0.717) is 29.3 Å². The zero-order valence-electron chi connectivity index (χ0n) is 17.7. The lowest BCUT2D eigenvalue weighted by molar-refractivity contribution is 0.0697. The highest BCUT2D eigenvalue weighted by Crippen LogP contribution is 2.43. The van der Waals surface area contributed by atoms with Crippen molar-refractivity contribution in [3.63, 3.8) is 0 Å². The van der Waals surface area contributed by atoms with Gasteiger partial charge in [-0.1, -0.05) is 18.3 Å². The molecule has 0 fully saturated rings. The normalized spacial score (nSPS) is 18.0. The Morgan fingerprint density at radius 1 is 1.14 bits per heavy atom. The molecule has 2 aromatic rings. The van der Waals surface area contributed by atoms with Crippen LogP contribution < -0.4 is 10.1 Å². The summed E-state index contributed by atoms with van der Waals surface area (Å²) in [5.74, 6) is 0.0741. The van der Waals surface area contributed by atoms with Gasteiger partial charge in [-0.25, -0.2) is 4.79 Å². The van der Waals surface area contributed by atoms with Crippen molar-refractivity contribution < 1.29 is 19.7 Å². The molecule has 1 heterocycles. The molecule has 0 amide bonds. The number of phenolic OH excluding ortho intramolecular Hbond substituents is 1. The van der Waals surface area contributed by atoms with Gasteiger partial charge in [-0.15, -0.1) is 0 Å². The van der Waals surface area contributed by atoms with Gasteiger partial charge < -0.3 is 20.3 Å². The Kier molecular flexibility index (Phi) is 5.34. The van der Waals surface area contributed by atoms with Crippen LogP contribution in [0.3, 0.4) is 0 Å². The molecule has 1 unspecified atom stereocenters. The smallest absolute Gasteiger partial charge is 0.337 e. The summed E-state index contributed by atoms with van der Waals surface area (Å²) in [4.78, 5) is 12.2. The lowest BCUT2D eigenvalue weighted by atomic mass is 9.87. The first-order valence-corrected chi connectivity index (χ1v) is 10.0. The van der Waals surface area contributed by atoms with Crippen molar-refractivity contribution in [2.24, 2.45) is 0 Å². The number of aromatic hydroxyl groups is 1. The van der Waals surface area contributed by atoms with Gasteiger partial charge in [0.15, 0.2) is 5.60 Å². The fraction of sp³-hybridized carbons (Fsp3) is 0.391. The van der Waals surface area contributed by atoms with Crippen molar-refractivity contribution in [2.45, 2.75) is 60.0 Å². The third-order valence-corrected chi connectivity index (χ3v) is 6.48. The maximum absolute atomic E-state index is 11.7. The summed E-state index contributed by atoms with van der Waals surface area (Å²) in [5.41, 5.74) is 5.15. The van der Waals surface area contributed by atoms with Gasteiger partial charge in [-0.3, -0.25) is 0 Å². The van der Waals surface area contributed by atoms with E-state index in [1.165, 1.54) is 0 Å². The fourth-order valence-electron chi connectivity index (χ4n) is 3.96. The maximum atomic E-state index is 11.7. The number of phenols is 1. The summed E-state index contributed by atoms with van der Waals surface area (Å²) in [6.45, 7) is 11.4. The molecule has 0 bridgehead atoms. The third-order valence-electron chi connectivity index (χ3n) is 5.95. The molecule has 0 spiro atoms. The average Bonchev–Trinajstić information content (AvgIpc) is 2.66. The quantitative estimate of drug-likeness (QED) is 0.604. The molecule has 0 saturated carbocycles. The Hall–Kier alpha value is -2.60. The topological polar surface area (TPSA) is 78.8 Å². The summed E-state index contributed by atoms with van der Waals surface area (Å²) in [6.07, 6.45) is 1.34. The molecule has 0 radical (unpaired) electrons. The predicted molar refractivity (Wildman–Crippen MR) is 119 cm³/mol. The number of aryl methyl sites for hydroxylation is 2. The first kappa shape index (κ1) is 21.1. The number of carbonyl (C=O) groups is 1. The van der Waals surface area contributed by atoms with Gasteiger partial charge in [-0.2, -0.15) is 0 Å². The molecule has 1 aliphatic heterocycles. The van der Waals surface area contributed by atoms with Crippen molar-refractivity contribution >= 4 is 28.9 Å². The molecular weight excluding hydrogens is 386 g/mol. The molecule has 3 rings (SSSR count). The summed E-state index contributed by atoms with van der Waals surface area (Å²) in [6, 6.07) is 3.57. The van der Waals surface area contributed by atoms with Crippen LogP contribution in [0.25, 0.3) is 0 Å². The summed E-state index contributed by atoms with van der Waals surface area (Å²) in [7, 11) is 0. The second kappa shape index (κ2) is 7.34. The van der Waals surface area contributed by atoms with E-state index in [1.807, 2.05) is 47.6 Å². The molecule has 3 N–H and O–H groups in total. The number of hydrogen-bond donors (Lipinski definition) is 3. The van der Waals surface area contributed by atoms with Crippen LogP contribution in [0, 0.1) is 34.6 Å². The molecule has 5 nitrogen and oxygen atoms in total. The van der Waals surface area contributed by atoms with Crippen LogP contribution in [0.4, 0.5) is 5.69 Å². The number of hydrogen-bond acceptors (Lipinski definition) is 4. The van der Waals surface area contributed by atoms with Crippen LogP contribution in [-0.2, 0) is 6.42 Å². The standard InChI is InChI=1S/C23H27NO4S/c1-11-9-12(2)18(17(10-11)21(26)27)24-22(29)23(6)8-7-16-15(5)19(25)13(3)14(4)20(16)28-23/h9-10,25H,7-8H2,1-6H3,(H,24,29)(H,26,27). The van der Waals surface area contributed by atoms with E-state index in [0.717, 1.165) is 39.1 Å². The van der Waals surface area contributed by atoms with Gasteiger partial charge in [0.05, 0.1) is 11.3 Å². The molecule has 154 valence electrons. The molecule has 0 aliphatic carbocycles. The highest BCUT2D eigenvalue weighted by atomic mass is 32.1. The molecule has 0 saturated heterocycles. The Morgan fingerprint density at radius 2 is 1.79 bits per heavy atom. The van der Waals surface area contributed by atoms with Crippen molar-refractivity contribution in [3.05, 3.63) is 51.1 Å². The van der Waals surface area contributed by atoms with Gasteiger partial charge in [0.1, 0.15) is 16.5 Å². The zero-order valence-corrected chi connectivity index (χ0v) is 18.5. The average molecular weight is 414 g/mol. The number of thiocarbonyl (C=S) groups is 1. The number of carboxylic acids is 1. The Labute approximate surface area is 176 Å². The van der Waals surface area contributed by atoms with Crippen LogP contribution in [0.15, 0.2) is 12.1 Å². The highest BCUT2D eigenvalue weighted by Gasteiger charge is 2.38. The number of aromatic carboxylic acids is 1. The number of benzene rings is 2. The van der Waals surface area contributed by atoms with Crippen LogP contribution in [0.5, 0.6) is 11.5 Å². The first-order chi connectivity index (χ1) is 13.5. The largest absolute Gasteiger partial charge is 0.507 e. The number of rotatable bonds is 3. The van der Waals surface area contributed by atoms with E-state index in [4.69, 9.17) is 17.0 Å². The second-order valence-electron chi connectivity index (χ2n) is 8.13. The maximum Gasteiger partial charge on any atom is 0.337 e. The fourth-order valence-corrected chi connectivity index (χ4v) is 4.20. The number of fused-ring (bicyclic) bond motifs is 1. The predicted octanol–water partition coefficient (Wildman–Crippen LogP) is 5.16. The van der Waals surface area contributed by atoms with Crippen LogP contribution in [0.1, 0.15) is 57.1 Å². The highest BCUT2D eigenvalue weighted by molar-refractivity contribution is 7.80. The number of ether oxygens (including phenoxy) is 1. The second-order valence-corrected chi connectivity index (χ2v) is 8.54. The summed E-state index contributed by atoms with van der Waals surface area (Å²) < 4.78 is 6.40. The minimum Gasteiger partial charge on any atom is -0.507 e. The Bertz CT molecular complexity index is 1040. The molecule has 29 heavy (non-hydrogen) atoms. The molecule has 2 aromatic carbocycles. The van der Waals surface area contributed by atoms with Crippen molar-refractivity contribution in [1.82, 2.24) is 0 Å². The molecule has 0 aromatic heterocycles. The minimum absolute atomic E-state index is 0.192. The number of anilines is 1. The summed E-state index contributed by atoms with van der Waals surface area (Å²) >= 11 is 5.69. The van der Waals surface area contributed by atoms with E-state index in [9.17, 15) is 15.0 Å². The lowest BCUT2D eigenvalue weighted by Gasteiger charge is -2.38. The molecule has 6 heteroatoms. The molecule has 1 atom stereocenters. The van der Waals surface area contributed by atoms with E-state index >= 15 is 0 Å². The van der Waals surface area contributed by atoms with Gasteiger partial charge in [0.2, 0.25) is 0 Å². The number of carboxylic acid groups (broad SMARTS) is 1. The first-order valence-electron chi connectivity index (χ1n) is 9.63.